The van der Waals surface area contributed by atoms with Gasteiger partial charge in [0.1, 0.15) is 0 Å². The summed E-state index contributed by atoms with van der Waals surface area (Å²) in [4.78, 5) is 23.3. The van der Waals surface area contributed by atoms with Gasteiger partial charge in [0.05, 0.1) is 17.1 Å². The Balaban J connectivity index is 1.61. The molecule has 0 unspecified atom stereocenters. The molecule has 0 aliphatic carbocycles. The van der Waals surface area contributed by atoms with Crippen molar-refractivity contribution in [1.29, 1.82) is 0 Å². The molecule has 152 valence electrons. The predicted molar refractivity (Wildman–Crippen MR) is 117 cm³/mol. The number of likely N-dealkylation sites (N-methyl/N-ethyl adjacent to an activating group) is 1. The van der Waals surface area contributed by atoms with Gasteiger partial charge < -0.3 is 10.2 Å². The average molecular weight is 401 g/mol. The Morgan fingerprint density at radius 3 is 2.50 bits per heavy atom. The molecule has 0 spiro atoms. The van der Waals surface area contributed by atoms with E-state index in [0.29, 0.717) is 6.42 Å². The van der Waals surface area contributed by atoms with E-state index in [-0.39, 0.29) is 11.9 Å². The molecule has 1 aromatic carbocycles. The van der Waals surface area contributed by atoms with Crippen LogP contribution in [-0.2, 0) is 11.2 Å². The number of hydrogen-bond acceptors (Lipinski definition) is 5. The minimum atomic E-state index is 0.0954. The van der Waals surface area contributed by atoms with Crippen LogP contribution in [0.4, 0.5) is 0 Å². The second-order valence-electron chi connectivity index (χ2n) is 7.82. The molecule has 1 aromatic heterocycles. The quantitative estimate of drug-likeness (QED) is 0.776. The maximum atomic E-state index is 12.8. The summed E-state index contributed by atoms with van der Waals surface area (Å²) in [5.41, 5.74) is 3.26. The summed E-state index contributed by atoms with van der Waals surface area (Å²) >= 11 is 1.62. The Bertz CT molecular complexity index is 778. The van der Waals surface area contributed by atoms with Crippen molar-refractivity contribution in [3.63, 3.8) is 0 Å². The number of rotatable bonds is 7. The highest BCUT2D eigenvalue weighted by Gasteiger charge is 2.20. The molecule has 0 saturated carbocycles. The first-order chi connectivity index (χ1) is 13.4. The molecule has 28 heavy (non-hydrogen) atoms. The van der Waals surface area contributed by atoms with E-state index in [1.54, 1.807) is 11.3 Å². The highest BCUT2D eigenvalue weighted by molar-refractivity contribution is 7.12. The maximum absolute atomic E-state index is 12.8. The molecule has 1 amide bonds. The van der Waals surface area contributed by atoms with Crippen molar-refractivity contribution in [2.24, 2.45) is 0 Å². The van der Waals surface area contributed by atoms with Gasteiger partial charge in [-0.05, 0) is 27.3 Å². The zero-order chi connectivity index (χ0) is 20.1. The third-order valence-electron chi connectivity index (χ3n) is 5.38. The number of benzene rings is 1. The number of nitrogens with one attached hydrogen (secondary N) is 1. The lowest BCUT2D eigenvalue weighted by Crippen LogP contribution is -2.50. The first kappa shape index (κ1) is 21.0. The summed E-state index contributed by atoms with van der Waals surface area (Å²) in [6.07, 6.45) is 1.35. The molecule has 1 aliphatic heterocycles. The van der Waals surface area contributed by atoms with Crippen LogP contribution in [0.5, 0.6) is 0 Å². The van der Waals surface area contributed by atoms with Crippen molar-refractivity contribution in [1.82, 2.24) is 20.1 Å². The number of amides is 1. The van der Waals surface area contributed by atoms with Crippen molar-refractivity contribution < 1.29 is 4.79 Å². The number of hydrogen-bond donors (Lipinski definition) is 1. The lowest BCUT2D eigenvalue weighted by molar-refractivity contribution is -0.121. The lowest BCUT2D eigenvalue weighted by atomic mass is 10.1. The van der Waals surface area contributed by atoms with Crippen LogP contribution in [0.15, 0.2) is 24.3 Å². The van der Waals surface area contributed by atoms with Gasteiger partial charge in [-0.2, -0.15) is 0 Å². The molecule has 0 bridgehead atoms. The van der Waals surface area contributed by atoms with Gasteiger partial charge in [-0.15, -0.1) is 11.3 Å². The van der Waals surface area contributed by atoms with Gasteiger partial charge in [0.2, 0.25) is 5.91 Å². The van der Waals surface area contributed by atoms with Crippen LogP contribution in [0, 0.1) is 13.8 Å². The van der Waals surface area contributed by atoms with Crippen LogP contribution in [0.1, 0.15) is 28.8 Å². The van der Waals surface area contributed by atoms with E-state index in [0.717, 1.165) is 60.3 Å². The van der Waals surface area contributed by atoms with Gasteiger partial charge in [0.15, 0.2) is 0 Å². The van der Waals surface area contributed by atoms with Crippen LogP contribution < -0.4 is 5.32 Å². The Morgan fingerprint density at radius 2 is 1.86 bits per heavy atom. The van der Waals surface area contributed by atoms with E-state index < -0.39 is 0 Å². The fourth-order valence-electron chi connectivity index (χ4n) is 3.57. The summed E-state index contributed by atoms with van der Waals surface area (Å²) in [6, 6.07) is 8.57. The number of aromatic nitrogens is 1. The normalized spacial score (nSPS) is 16.9. The predicted octanol–water partition coefficient (Wildman–Crippen LogP) is 3.11. The van der Waals surface area contributed by atoms with E-state index in [4.69, 9.17) is 0 Å². The minimum Gasteiger partial charge on any atom is -0.352 e. The van der Waals surface area contributed by atoms with Crippen LogP contribution in [-0.4, -0.2) is 66.5 Å². The molecular formula is C22H32N4OS. The number of carbonyl (C=O) groups is 1. The smallest absolute Gasteiger partial charge is 0.225 e. The minimum absolute atomic E-state index is 0.0954. The van der Waals surface area contributed by atoms with Crippen LogP contribution in [0.3, 0.4) is 0 Å². The van der Waals surface area contributed by atoms with Crippen molar-refractivity contribution >= 4 is 17.2 Å². The summed E-state index contributed by atoms with van der Waals surface area (Å²) in [5, 5.41) is 4.26. The van der Waals surface area contributed by atoms with Crippen molar-refractivity contribution in [3.8, 4) is 11.3 Å². The molecule has 2 heterocycles. The van der Waals surface area contributed by atoms with Crippen LogP contribution in [0.2, 0.25) is 0 Å². The van der Waals surface area contributed by atoms with Gasteiger partial charge >= 0.3 is 0 Å². The third-order valence-corrected chi connectivity index (χ3v) is 6.35. The Morgan fingerprint density at radius 1 is 1.18 bits per heavy atom. The highest BCUT2D eigenvalue weighted by Crippen LogP contribution is 2.28. The van der Waals surface area contributed by atoms with Gasteiger partial charge in [-0.25, -0.2) is 4.98 Å². The van der Waals surface area contributed by atoms with Gasteiger partial charge in [-0.3, -0.25) is 9.69 Å². The number of carbonyl (C=O) groups excluding carboxylic acids is 1. The molecule has 1 fully saturated rings. The third kappa shape index (κ3) is 5.63. The standard InChI is InChI=1S/C22H32N4OS/c1-5-19(15-26-12-10-25(4)11-13-26)24-21(27)14-20-22(23-17(3)28-20)18-8-6-16(2)7-9-18/h6-9,19H,5,10-15H2,1-4H3,(H,24,27)/t19-/m0/s1. The number of nitrogens with zero attached hydrogens (tertiary/aromatic N) is 3. The molecule has 2 aromatic rings. The molecule has 5 nitrogen and oxygen atoms in total. The van der Waals surface area contributed by atoms with Crippen molar-refractivity contribution in [3.05, 3.63) is 39.7 Å². The Hall–Kier alpha value is -1.76. The highest BCUT2D eigenvalue weighted by atomic mass is 32.1. The lowest BCUT2D eigenvalue weighted by Gasteiger charge is -2.34. The summed E-state index contributed by atoms with van der Waals surface area (Å²) in [6.45, 7) is 11.5. The van der Waals surface area contributed by atoms with Crippen molar-refractivity contribution in [2.75, 3.05) is 39.8 Å². The number of thiazole rings is 1. The van der Waals surface area contributed by atoms with E-state index >= 15 is 0 Å². The van der Waals surface area contributed by atoms with Gasteiger partial charge in [0, 0.05) is 49.2 Å². The Labute approximate surface area is 172 Å². The number of piperazine rings is 1. The van der Waals surface area contributed by atoms with E-state index in [1.165, 1.54) is 5.56 Å². The number of aryl methyl sites for hydroxylation is 2. The molecule has 1 atom stereocenters. The summed E-state index contributed by atoms with van der Waals surface area (Å²) in [5.74, 6) is 0.0954. The Kier molecular flexibility index (Phi) is 7.21. The zero-order valence-electron chi connectivity index (χ0n) is 17.5. The van der Waals surface area contributed by atoms with Crippen LogP contribution in [0.25, 0.3) is 11.3 Å². The zero-order valence-corrected chi connectivity index (χ0v) is 18.3. The average Bonchev–Trinajstić information content (AvgIpc) is 3.03. The molecule has 0 radical (unpaired) electrons. The summed E-state index contributed by atoms with van der Waals surface area (Å²) < 4.78 is 0. The van der Waals surface area contributed by atoms with Crippen molar-refractivity contribution in [2.45, 2.75) is 39.7 Å². The second-order valence-corrected chi connectivity index (χ2v) is 9.11. The topological polar surface area (TPSA) is 48.5 Å². The molecular weight excluding hydrogens is 368 g/mol. The van der Waals surface area contributed by atoms with Gasteiger partial charge in [-0.1, -0.05) is 36.8 Å². The monoisotopic (exact) mass is 400 g/mol. The summed E-state index contributed by atoms with van der Waals surface area (Å²) in [7, 11) is 2.17. The SMILES string of the molecule is CC[C@@H](CN1CCN(C)CC1)NC(=O)Cc1sc(C)nc1-c1ccc(C)cc1. The van der Waals surface area contributed by atoms with Gasteiger partial charge in [0.25, 0.3) is 0 Å². The van der Waals surface area contributed by atoms with E-state index in [9.17, 15) is 4.79 Å². The van der Waals surface area contributed by atoms with Crippen LogP contribution >= 0.6 is 11.3 Å². The molecule has 1 aliphatic rings. The first-order valence-electron chi connectivity index (χ1n) is 10.2. The first-order valence-corrected chi connectivity index (χ1v) is 11.0. The fraction of sp³-hybridized carbons (Fsp3) is 0.545. The maximum Gasteiger partial charge on any atom is 0.225 e. The molecule has 1 saturated heterocycles. The molecule has 1 N–H and O–H groups in total. The fourth-order valence-corrected chi connectivity index (χ4v) is 4.53. The van der Waals surface area contributed by atoms with E-state index in [2.05, 4.69) is 65.3 Å². The molecule has 6 heteroatoms. The molecule has 3 rings (SSSR count). The second kappa shape index (κ2) is 9.63. The largest absolute Gasteiger partial charge is 0.352 e. The van der Waals surface area contributed by atoms with E-state index in [1.807, 2.05) is 6.92 Å².